The molecule has 0 saturated carbocycles. The van der Waals surface area contributed by atoms with E-state index in [9.17, 15) is 27.0 Å². The summed E-state index contributed by atoms with van der Waals surface area (Å²) in [7, 11) is -6.58. The van der Waals surface area contributed by atoms with Gasteiger partial charge in [-0.3, -0.25) is 0 Å². The molecule has 10 nitrogen and oxygen atoms in total. The van der Waals surface area contributed by atoms with Crippen molar-refractivity contribution in [2.45, 2.75) is 50.4 Å². The summed E-state index contributed by atoms with van der Waals surface area (Å²) >= 11 is 0. The Hall–Kier alpha value is -2.02. The van der Waals surface area contributed by atoms with E-state index in [0.29, 0.717) is 0 Å². The number of sulfone groups is 2. The molecule has 0 amide bonds. The fourth-order valence-corrected chi connectivity index (χ4v) is 3.18. The molecule has 2 N–H and O–H groups in total. The van der Waals surface area contributed by atoms with Crippen LogP contribution in [0.1, 0.15) is 48.8 Å². The number of hydrogen-bond acceptors (Lipinski definition) is 10. The lowest BCUT2D eigenvalue weighted by Crippen LogP contribution is -2.25. The van der Waals surface area contributed by atoms with Crippen LogP contribution in [-0.2, 0) is 19.7 Å². The van der Waals surface area contributed by atoms with Crippen LogP contribution in [0.4, 0.5) is 0 Å². The quantitative estimate of drug-likeness (QED) is 0.621. The Labute approximate surface area is 177 Å². The Kier molecular flexibility index (Phi) is 8.96. The maximum Gasteiger partial charge on any atom is 0.158 e. The molecule has 2 heterocycles. The normalized spacial score (nSPS) is 16.0. The van der Waals surface area contributed by atoms with Crippen molar-refractivity contribution in [1.29, 1.82) is 0 Å². The van der Waals surface area contributed by atoms with Gasteiger partial charge in [-0.15, -0.1) is 0 Å². The average molecular weight is 461 g/mol. The van der Waals surface area contributed by atoms with Crippen molar-refractivity contribution < 1.29 is 27.0 Å². The molecule has 0 aliphatic rings. The molecule has 0 fully saturated rings. The predicted molar refractivity (Wildman–Crippen MR) is 112 cm³/mol. The molecule has 2 rings (SSSR count). The van der Waals surface area contributed by atoms with Crippen LogP contribution < -0.4 is 0 Å². The first kappa shape index (κ1) is 26.0. The largest absolute Gasteiger partial charge is 0.384 e. The van der Waals surface area contributed by atoms with Gasteiger partial charge < -0.3 is 10.2 Å². The standard InChI is InChI=1S/2C9H14N2O3S/c2*1-6-4-10-9(11-5-6)8(12)7(2)15(3,13)14/h2*4-5,7-8,12H,1-3H3/t2*7-,8-/m10/s1. The number of aryl methyl sites for hydroxylation is 2. The zero-order chi connectivity index (χ0) is 23.3. The average Bonchev–Trinajstić information content (AvgIpc) is 2.66. The minimum atomic E-state index is -3.29. The topological polar surface area (TPSA) is 160 Å². The van der Waals surface area contributed by atoms with Crippen LogP contribution in [0.25, 0.3) is 0 Å². The molecule has 0 saturated heterocycles. The summed E-state index contributed by atoms with van der Waals surface area (Å²) in [4.78, 5) is 15.5. The van der Waals surface area contributed by atoms with Crippen LogP contribution in [0.3, 0.4) is 0 Å². The lowest BCUT2D eigenvalue weighted by Gasteiger charge is -2.15. The van der Waals surface area contributed by atoms with Gasteiger partial charge in [0.1, 0.15) is 12.2 Å². The van der Waals surface area contributed by atoms with E-state index in [1.54, 1.807) is 24.8 Å². The van der Waals surface area contributed by atoms with Crippen molar-refractivity contribution in [1.82, 2.24) is 19.9 Å². The maximum absolute atomic E-state index is 11.2. The molecule has 2 aromatic rings. The number of rotatable bonds is 6. The fraction of sp³-hybridized carbons (Fsp3) is 0.556. The SMILES string of the molecule is Cc1cnc([C@@H](O)[C@H](C)S(C)(=O)=O)nc1.Cc1cnc([C@H](O)[C@@H](C)S(C)(=O)=O)nc1. The third kappa shape index (κ3) is 7.67. The Balaban J connectivity index is 0.000000300. The third-order valence-corrected chi connectivity index (χ3v) is 7.59. The highest BCUT2D eigenvalue weighted by Gasteiger charge is 2.28. The molecule has 0 spiro atoms. The summed E-state index contributed by atoms with van der Waals surface area (Å²) in [5.41, 5.74) is 1.72. The van der Waals surface area contributed by atoms with Gasteiger partial charge in [-0.05, 0) is 38.8 Å². The Morgan fingerprint density at radius 2 is 0.900 bits per heavy atom. The highest BCUT2D eigenvalue weighted by atomic mass is 32.2. The monoisotopic (exact) mass is 460 g/mol. The molecule has 0 radical (unpaired) electrons. The summed E-state index contributed by atoms with van der Waals surface area (Å²) in [6, 6.07) is 0. The predicted octanol–water partition coefficient (Wildman–Crippen LogP) is 0.503. The van der Waals surface area contributed by atoms with E-state index in [2.05, 4.69) is 19.9 Å². The lowest BCUT2D eigenvalue weighted by atomic mass is 10.2. The maximum atomic E-state index is 11.2. The molecule has 0 bridgehead atoms. The third-order valence-electron chi connectivity index (χ3n) is 4.37. The molecule has 0 aliphatic heterocycles. The van der Waals surface area contributed by atoms with Crippen molar-refractivity contribution in [3.8, 4) is 0 Å². The van der Waals surface area contributed by atoms with Crippen LogP contribution in [0, 0.1) is 13.8 Å². The van der Waals surface area contributed by atoms with E-state index in [1.807, 2.05) is 13.8 Å². The van der Waals surface area contributed by atoms with Gasteiger partial charge in [-0.25, -0.2) is 36.8 Å². The first-order valence-electron chi connectivity index (χ1n) is 8.95. The van der Waals surface area contributed by atoms with Gasteiger partial charge in [0.25, 0.3) is 0 Å². The van der Waals surface area contributed by atoms with Crippen LogP contribution in [0.5, 0.6) is 0 Å². The number of nitrogens with zero attached hydrogens (tertiary/aromatic N) is 4. The zero-order valence-corrected chi connectivity index (χ0v) is 19.4. The van der Waals surface area contributed by atoms with Gasteiger partial charge in [-0.2, -0.15) is 0 Å². The molecule has 30 heavy (non-hydrogen) atoms. The van der Waals surface area contributed by atoms with Crippen molar-refractivity contribution >= 4 is 19.7 Å². The summed E-state index contributed by atoms with van der Waals surface area (Å²) in [6.45, 7) is 6.50. The van der Waals surface area contributed by atoms with Crippen LogP contribution in [-0.4, -0.2) is 70.0 Å². The van der Waals surface area contributed by atoms with Crippen LogP contribution in [0.2, 0.25) is 0 Å². The molecule has 168 valence electrons. The van der Waals surface area contributed by atoms with Crippen molar-refractivity contribution in [2.75, 3.05) is 12.5 Å². The minimum absolute atomic E-state index is 0.138. The number of hydrogen-bond donors (Lipinski definition) is 2. The number of aromatic nitrogens is 4. The lowest BCUT2D eigenvalue weighted by molar-refractivity contribution is 0.166. The molecule has 0 aliphatic carbocycles. The minimum Gasteiger partial charge on any atom is -0.384 e. The molecular weight excluding hydrogens is 432 g/mol. The first-order valence-corrected chi connectivity index (χ1v) is 12.9. The summed E-state index contributed by atoms with van der Waals surface area (Å²) in [5, 5.41) is 17.6. The summed E-state index contributed by atoms with van der Waals surface area (Å²) < 4.78 is 44.8. The van der Waals surface area contributed by atoms with Crippen LogP contribution >= 0.6 is 0 Å². The first-order chi connectivity index (χ1) is 13.6. The molecular formula is C18H28N4O6S2. The van der Waals surface area contributed by atoms with E-state index in [1.165, 1.54) is 13.8 Å². The van der Waals surface area contributed by atoms with Gasteiger partial charge in [0.05, 0.1) is 10.5 Å². The molecule has 4 atom stereocenters. The number of aliphatic hydroxyl groups excluding tert-OH is 2. The van der Waals surface area contributed by atoms with E-state index in [0.717, 1.165) is 23.6 Å². The van der Waals surface area contributed by atoms with Gasteiger partial charge in [0.2, 0.25) is 0 Å². The second-order valence-corrected chi connectivity index (χ2v) is 12.0. The molecule has 2 aromatic heterocycles. The second-order valence-electron chi connectivity index (χ2n) is 7.20. The zero-order valence-electron chi connectivity index (χ0n) is 17.8. The number of aliphatic hydroxyl groups is 2. The highest BCUT2D eigenvalue weighted by Crippen LogP contribution is 2.18. The Morgan fingerprint density at radius 1 is 0.667 bits per heavy atom. The molecule has 0 unspecified atom stereocenters. The van der Waals surface area contributed by atoms with E-state index in [-0.39, 0.29) is 11.6 Å². The van der Waals surface area contributed by atoms with Gasteiger partial charge in [0.15, 0.2) is 31.3 Å². The van der Waals surface area contributed by atoms with Crippen molar-refractivity contribution in [2.24, 2.45) is 0 Å². The smallest absolute Gasteiger partial charge is 0.158 e. The second kappa shape index (κ2) is 10.3. The van der Waals surface area contributed by atoms with E-state index in [4.69, 9.17) is 0 Å². The summed E-state index contributed by atoms with van der Waals surface area (Å²) in [5.74, 6) is 0.275. The Bertz CT molecular complexity index is 940. The van der Waals surface area contributed by atoms with Gasteiger partial charge >= 0.3 is 0 Å². The van der Waals surface area contributed by atoms with Crippen LogP contribution in [0.15, 0.2) is 24.8 Å². The molecule has 12 heteroatoms. The fourth-order valence-electron chi connectivity index (χ4n) is 2.00. The summed E-state index contributed by atoms with van der Waals surface area (Å²) in [6.07, 6.45) is 5.97. The molecule has 0 aromatic carbocycles. The Morgan fingerprint density at radius 3 is 1.10 bits per heavy atom. The highest BCUT2D eigenvalue weighted by molar-refractivity contribution is 7.91. The van der Waals surface area contributed by atoms with Gasteiger partial charge in [0, 0.05) is 37.3 Å². The van der Waals surface area contributed by atoms with E-state index >= 15 is 0 Å². The van der Waals surface area contributed by atoms with Crippen molar-refractivity contribution in [3.63, 3.8) is 0 Å². The van der Waals surface area contributed by atoms with Crippen molar-refractivity contribution in [3.05, 3.63) is 47.6 Å². The van der Waals surface area contributed by atoms with E-state index < -0.39 is 42.4 Å². The van der Waals surface area contributed by atoms with Gasteiger partial charge in [-0.1, -0.05) is 0 Å².